The first-order chi connectivity index (χ1) is 11.8. The molecule has 136 valence electrons. The molecule has 9 heteroatoms. The summed E-state index contributed by atoms with van der Waals surface area (Å²) >= 11 is 6.05. The summed E-state index contributed by atoms with van der Waals surface area (Å²) in [5, 5.41) is 0.196. The highest BCUT2D eigenvalue weighted by atomic mass is 35.5. The van der Waals surface area contributed by atoms with Crippen LogP contribution in [-0.4, -0.2) is 28.2 Å². The number of nitrogens with one attached hydrogen (secondary N) is 1. The number of hydrogen-bond donors (Lipinski definition) is 1. The Morgan fingerprint density at radius 2 is 1.88 bits per heavy atom. The Labute approximate surface area is 149 Å². The van der Waals surface area contributed by atoms with Crippen molar-refractivity contribution in [2.45, 2.75) is 11.8 Å². The Morgan fingerprint density at radius 1 is 1.12 bits per heavy atom. The summed E-state index contributed by atoms with van der Waals surface area (Å²) in [6.07, 6.45) is 0. The van der Waals surface area contributed by atoms with Crippen LogP contribution in [0.5, 0.6) is 5.75 Å². The standard InChI is InChI=1S/C16H16ClF2NO4S/c1-2-23-8-9-24-16-12(17)4-3-5-15(16)20-25(21,22)11-6-7-13(18)14(19)10-11/h3-7,10,20H,2,8-9H2,1H3. The van der Waals surface area contributed by atoms with Gasteiger partial charge in [-0.25, -0.2) is 17.2 Å². The zero-order valence-electron chi connectivity index (χ0n) is 13.3. The van der Waals surface area contributed by atoms with E-state index in [0.29, 0.717) is 19.3 Å². The average Bonchev–Trinajstić information content (AvgIpc) is 2.55. The van der Waals surface area contributed by atoms with E-state index in [1.165, 1.54) is 18.2 Å². The van der Waals surface area contributed by atoms with Crippen LogP contribution >= 0.6 is 11.6 Å². The summed E-state index contributed by atoms with van der Waals surface area (Å²) in [6, 6.07) is 6.80. The molecule has 0 aliphatic carbocycles. The van der Waals surface area contributed by atoms with Gasteiger partial charge in [-0.15, -0.1) is 0 Å². The van der Waals surface area contributed by atoms with Crippen molar-refractivity contribution in [3.63, 3.8) is 0 Å². The van der Waals surface area contributed by atoms with Gasteiger partial charge in [0.2, 0.25) is 0 Å². The first-order valence-corrected chi connectivity index (χ1v) is 9.18. The van der Waals surface area contributed by atoms with Crippen LogP contribution in [0.3, 0.4) is 0 Å². The number of sulfonamides is 1. The molecule has 5 nitrogen and oxygen atoms in total. The topological polar surface area (TPSA) is 64.6 Å². The summed E-state index contributed by atoms with van der Waals surface area (Å²) in [5.74, 6) is -2.28. The third-order valence-corrected chi connectivity index (χ3v) is 4.75. The summed E-state index contributed by atoms with van der Waals surface area (Å²) < 4.78 is 63.9. The van der Waals surface area contributed by atoms with E-state index in [-0.39, 0.29) is 23.1 Å². The summed E-state index contributed by atoms with van der Waals surface area (Å²) in [6.45, 7) is 2.81. The molecule has 0 bridgehead atoms. The van der Waals surface area contributed by atoms with E-state index < -0.39 is 26.6 Å². The normalized spacial score (nSPS) is 11.4. The minimum absolute atomic E-state index is 0.0775. The molecular weight excluding hydrogens is 376 g/mol. The lowest BCUT2D eigenvalue weighted by Gasteiger charge is -2.15. The fourth-order valence-corrected chi connectivity index (χ4v) is 3.23. The second-order valence-corrected chi connectivity index (χ2v) is 6.93. The molecule has 0 heterocycles. The van der Waals surface area contributed by atoms with Gasteiger partial charge in [0, 0.05) is 6.61 Å². The smallest absolute Gasteiger partial charge is 0.262 e. The summed E-state index contributed by atoms with van der Waals surface area (Å²) in [5.41, 5.74) is 0.0775. The molecule has 0 aliphatic heterocycles. The van der Waals surface area contributed by atoms with Crippen LogP contribution in [-0.2, 0) is 14.8 Å². The molecule has 0 atom stereocenters. The van der Waals surface area contributed by atoms with E-state index in [1.54, 1.807) is 0 Å². The predicted molar refractivity (Wildman–Crippen MR) is 90.6 cm³/mol. The van der Waals surface area contributed by atoms with Gasteiger partial charge in [-0.05, 0) is 37.3 Å². The Balaban J connectivity index is 2.26. The van der Waals surface area contributed by atoms with Crippen LogP contribution < -0.4 is 9.46 Å². The third-order valence-electron chi connectivity index (χ3n) is 3.09. The van der Waals surface area contributed by atoms with E-state index in [0.717, 1.165) is 12.1 Å². The lowest BCUT2D eigenvalue weighted by atomic mass is 10.3. The maximum atomic E-state index is 13.3. The monoisotopic (exact) mass is 391 g/mol. The zero-order chi connectivity index (χ0) is 18.4. The SMILES string of the molecule is CCOCCOc1c(Cl)cccc1NS(=O)(=O)c1ccc(F)c(F)c1. The van der Waals surface area contributed by atoms with Gasteiger partial charge in [-0.1, -0.05) is 17.7 Å². The van der Waals surface area contributed by atoms with Crippen molar-refractivity contribution < 1.29 is 26.7 Å². The second kappa shape index (κ2) is 8.46. The molecular formula is C16H16ClF2NO4S. The van der Waals surface area contributed by atoms with E-state index in [2.05, 4.69) is 4.72 Å². The largest absolute Gasteiger partial charge is 0.487 e. The Hall–Kier alpha value is -1.90. The Bertz CT molecular complexity index is 846. The molecule has 0 fully saturated rings. The van der Waals surface area contributed by atoms with Crippen LogP contribution in [0.25, 0.3) is 0 Å². The van der Waals surface area contributed by atoms with Crippen molar-refractivity contribution >= 4 is 27.3 Å². The maximum absolute atomic E-state index is 13.3. The van der Waals surface area contributed by atoms with Crippen molar-refractivity contribution in [2.24, 2.45) is 0 Å². The van der Waals surface area contributed by atoms with E-state index in [9.17, 15) is 17.2 Å². The van der Waals surface area contributed by atoms with E-state index >= 15 is 0 Å². The average molecular weight is 392 g/mol. The van der Waals surface area contributed by atoms with Crippen LogP contribution in [0, 0.1) is 11.6 Å². The lowest BCUT2D eigenvalue weighted by Crippen LogP contribution is -2.15. The lowest BCUT2D eigenvalue weighted by molar-refractivity contribution is 0.110. The third kappa shape index (κ3) is 5.04. The Kier molecular flexibility index (Phi) is 6.57. The van der Waals surface area contributed by atoms with Crippen LogP contribution in [0.15, 0.2) is 41.3 Å². The molecule has 0 aromatic heterocycles. The van der Waals surface area contributed by atoms with E-state index in [4.69, 9.17) is 21.1 Å². The van der Waals surface area contributed by atoms with E-state index in [1.807, 2.05) is 6.92 Å². The predicted octanol–water partition coefficient (Wildman–Crippen LogP) is 3.83. The van der Waals surface area contributed by atoms with Crippen molar-refractivity contribution in [2.75, 3.05) is 24.5 Å². The molecule has 0 saturated heterocycles. The molecule has 25 heavy (non-hydrogen) atoms. The Morgan fingerprint density at radius 3 is 2.56 bits per heavy atom. The number of para-hydroxylation sites is 1. The first-order valence-electron chi connectivity index (χ1n) is 7.32. The van der Waals surface area contributed by atoms with Gasteiger partial charge in [0.15, 0.2) is 17.4 Å². The van der Waals surface area contributed by atoms with Gasteiger partial charge in [-0.2, -0.15) is 0 Å². The summed E-state index contributed by atoms with van der Waals surface area (Å²) in [4.78, 5) is -0.424. The fraction of sp³-hybridized carbons (Fsp3) is 0.250. The van der Waals surface area contributed by atoms with Crippen molar-refractivity contribution in [3.05, 3.63) is 53.1 Å². The van der Waals surface area contributed by atoms with Crippen molar-refractivity contribution in [3.8, 4) is 5.75 Å². The van der Waals surface area contributed by atoms with Gasteiger partial charge in [0.25, 0.3) is 10.0 Å². The summed E-state index contributed by atoms with van der Waals surface area (Å²) in [7, 11) is -4.15. The number of benzene rings is 2. The van der Waals surface area contributed by atoms with Crippen molar-refractivity contribution in [1.82, 2.24) is 0 Å². The van der Waals surface area contributed by atoms with Gasteiger partial charge < -0.3 is 9.47 Å². The number of hydrogen-bond acceptors (Lipinski definition) is 4. The molecule has 0 radical (unpaired) electrons. The molecule has 0 aliphatic rings. The highest BCUT2D eigenvalue weighted by Crippen LogP contribution is 2.34. The number of anilines is 1. The minimum atomic E-state index is -4.15. The highest BCUT2D eigenvalue weighted by Gasteiger charge is 2.19. The molecule has 0 saturated carbocycles. The van der Waals surface area contributed by atoms with Crippen LogP contribution in [0.4, 0.5) is 14.5 Å². The van der Waals surface area contributed by atoms with Crippen molar-refractivity contribution in [1.29, 1.82) is 0 Å². The zero-order valence-corrected chi connectivity index (χ0v) is 14.8. The molecule has 2 aromatic rings. The molecule has 0 unspecified atom stereocenters. The van der Waals surface area contributed by atoms with Crippen LogP contribution in [0.1, 0.15) is 6.92 Å². The first kappa shape index (κ1) is 19.4. The molecule has 2 rings (SSSR count). The van der Waals surface area contributed by atoms with Gasteiger partial charge in [0.05, 0.1) is 22.2 Å². The molecule has 1 N–H and O–H groups in total. The van der Waals surface area contributed by atoms with Gasteiger partial charge in [0.1, 0.15) is 6.61 Å². The highest BCUT2D eigenvalue weighted by molar-refractivity contribution is 7.92. The second-order valence-electron chi connectivity index (χ2n) is 4.84. The minimum Gasteiger partial charge on any atom is -0.487 e. The molecule has 2 aromatic carbocycles. The quantitative estimate of drug-likeness (QED) is 0.694. The molecule has 0 spiro atoms. The van der Waals surface area contributed by atoms with Gasteiger partial charge in [-0.3, -0.25) is 4.72 Å². The van der Waals surface area contributed by atoms with Crippen LogP contribution in [0.2, 0.25) is 5.02 Å². The number of halogens is 3. The molecule has 0 amide bonds. The number of rotatable bonds is 8. The fourth-order valence-electron chi connectivity index (χ4n) is 1.93. The van der Waals surface area contributed by atoms with Gasteiger partial charge >= 0.3 is 0 Å². The number of ether oxygens (including phenoxy) is 2. The maximum Gasteiger partial charge on any atom is 0.262 e.